The van der Waals surface area contributed by atoms with E-state index in [-0.39, 0.29) is 24.9 Å². The number of likely N-dealkylation sites (tertiary alicyclic amines) is 1. The number of imidazole rings is 1. The molecule has 4 N–H and O–H groups in total. The van der Waals surface area contributed by atoms with Crippen LogP contribution in [0.1, 0.15) is 51.7 Å². The number of nitrogens with zero attached hydrogens (tertiary/aromatic N) is 3. The highest BCUT2D eigenvalue weighted by Crippen LogP contribution is 2.32. The summed E-state index contributed by atoms with van der Waals surface area (Å²) >= 11 is 0. The zero-order valence-electron chi connectivity index (χ0n) is 26.2. The van der Waals surface area contributed by atoms with E-state index in [1.807, 2.05) is 66.4 Å². The van der Waals surface area contributed by atoms with Gasteiger partial charge < -0.3 is 35.3 Å². The molecule has 1 aliphatic rings. The average molecular weight is 605 g/mol. The number of hydrogen-bond acceptors (Lipinski definition) is 7. The minimum absolute atomic E-state index is 0.0607. The van der Waals surface area contributed by atoms with Gasteiger partial charge in [-0.25, -0.2) is 4.98 Å². The zero-order valence-corrected chi connectivity index (χ0v) is 26.2. The van der Waals surface area contributed by atoms with Crippen LogP contribution in [-0.2, 0) is 31.3 Å². The van der Waals surface area contributed by atoms with Gasteiger partial charge in [-0.2, -0.15) is 0 Å². The van der Waals surface area contributed by atoms with Gasteiger partial charge in [-0.05, 0) is 62.8 Å². The number of rotatable bonds is 12. The van der Waals surface area contributed by atoms with Crippen LogP contribution >= 0.6 is 0 Å². The van der Waals surface area contributed by atoms with Gasteiger partial charge in [0.1, 0.15) is 17.3 Å². The van der Waals surface area contributed by atoms with E-state index in [9.17, 15) is 14.4 Å². The molecule has 2 unspecified atom stereocenters. The number of nitrogens with two attached hydrogens (primary N) is 1. The average Bonchev–Trinajstić information content (AvgIpc) is 3.49. The Morgan fingerprint density at radius 3 is 2.32 bits per heavy atom. The SMILES string of the molecule is COc1ccc(C(C)(C(=O)N2CCC(C)CC2)n2cnc(NC(=O)C(COCc3ccccc3)NC(=O)C(C)(C)N)c2)cc1. The van der Waals surface area contributed by atoms with Crippen molar-refractivity contribution in [3.63, 3.8) is 0 Å². The molecule has 0 radical (unpaired) electrons. The minimum Gasteiger partial charge on any atom is -0.497 e. The molecule has 0 saturated carbocycles. The highest BCUT2D eigenvalue weighted by molar-refractivity contribution is 5.98. The van der Waals surface area contributed by atoms with Gasteiger partial charge in [0, 0.05) is 19.3 Å². The third-order valence-electron chi connectivity index (χ3n) is 8.09. The van der Waals surface area contributed by atoms with Crippen molar-refractivity contribution in [2.24, 2.45) is 11.7 Å². The molecule has 4 rings (SSSR count). The predicted octanol–water partition coefficient (Wildman–Crippen LogP) is 3.29. The van der Waals surface area contributed by atoms with E-state index in [4.69, 9.17) is 15.2 Å². The number of ether oxygens (including phenoxy) is 2. The molecule has 0 spiro atoms. The fourth-order valence-electron chi connectivity index (χ4n) is 5.06. The number of amides is 3. The molecule has 1 aliphatic heterocycles. The van der Waals surface area contributed by atoms with Gasteiger partial charge in [0.05, 0.1) is 32.2 Å². The Kier molecular flexibility index (Phi) is 10.4. The largest absolute Gasteiger partial charge is 0.497 e. The Labute approximate surface area is 259 Å². The summed E-state index contributed by atoms with van der Waals surface area (Å²) in [5, 5.41) is 5.48. The molecule has 2 aromatic carbocycles. The Balaban J connectivity index is 1.56. The van der Waals surface area contributed by atoms with Crippen LogP contribution in [0.3, 0.4) is 0 Å². The summed E-state index contributed by atoms with van der Waals surface area (Å²) in [6.45, 7) is 8.70. The molecule has 0 bridgehead atoms. The fourth-order valence-corrected chi connectivity index (χ4v) is 5.06. The molecular weight excluding hydrogens is 560 g/mol. The second-order valence-corrected chi connectivity index (χ2v) is 12.2. The Morgan fingerprint density at radius 1 is 1.05 bits per heavy atom. The minimum atomic E-state index is -1.20. The quantitative estimate of drug-likeness (QED) is 0.288. The van der Waals surface area contributed by atoms with Gasteiger partial charge in [0.15, 0.2) is 5.82 Å². The lowest BCUT2D eigenvalue weighted by molar-refractivity contribution is -0.139. The summed E-state index contributed by atoms with van der Waals surface area (Å²) in [6.07, 6.45) is 5.04. The van der Waals surface area contributed by atoms with Crippen LogP contribution in [0.4, 0.5) is 5.82 Å². The summed E-state index contributed by atoms with van der Waals surface area (Å²) in [7, 11) is 1.59. The number of nitrogens with one attached hydrogen (secondary N) is 2. The summed E-state index contributed by atoms with van der Waals surface area (Å²) < 4.78 is 12.8. The molecule has 236 valence electrons. The fraction of sp³-hybridized carbons (Fsp3) is 0.455. The van der Waals surface area contributed by atoms with E-state index in [1.54, 1.807) is 31.7 Å². The lowest BCUT2D eigenvalue weighted by Crippen LogP contribution is -2.56. The first kappa shape index (κ1) is 32.7. The van der Waals surface area contributed by atoms with E-state index in [0.29, 0.717) is 24.8 Å². The Hall–Kier alpha value is -4.22. The van der Waals surface area contributed by atoms with Gasteiger partial charge in [0.2, 0.25) is 5.91 Å². The normalized spacial score (nSPS) is 16.1. The van der Waals surface area contributed by atoms with Gasteiger partial charge in [-0.3, -0.25) is 14.4 Å². The first-order chi connectivity index (χ1) is 20.9. The van der Waals surface area contributed by atoms with Crippen molar-refractivity contribution in [3.05, 3.63) is 78.2 Å². The maximum atomic E-state index is 14.2. The predicted molar refractivity (Wildman–Crippen MR) is 168 cm³/mol. The third-order valence-corrected chi connectivity index (χ3v) is 8.09. The number of carbonyl (C=O) groups excluding carboxylic acids is 3. The molecular formula is C33H44N6O5. The first-order valence-corrected chi connectivity index (χ1v) is 14.9. The van der Waals surface area contributed by atoms with E-state index >= 15 is 0 Å². The van der Waals surface area contributed by atoms with Gasteiger partial charge in [-0.1, -0.05) is 49.4 Å². The second kappa shape index (κ2) is 14.0. The number of aromatic nitrogens is 2. The number of methoxy groups -OCH3 is 1. The third kappa shape index (κ3) is 7.83. The topological polar surface area (TPSA) is 141 Å². The Bertz CT molecular complexity index is 1410. The first-order valence-electron chi connectivity index (χ1n) is 14.9. The number of benzene rings is 2. The van der Waals surface area contributed by atoms with Gasteiger partial charge in [0.25, 0.3) is 11.8 Å². The van der Waals surface area contributed by atoms with Crippen LogP contribution in [0.2, 0.25) is 0 Å². The molecule has 3 amide bonds. The number of piperidine rings is 1. The molecule has 1 fully saturated rings. The summed E-state index contributed by atoms with van der Waals surface area (Å²) in [5.74, 6) is 0.385. The number of carbonyl (C=O) groups is 3. The molecule has 0 aliphatic carbocycles. The highest BCUT2D eigenvalue weighted by Gasteiger charge is 2.41. The van der Waals surface area contributed by atoms with E-state index in [1.165, 1.54) is 6.33 Å². The lowest BCUT2D eigenvalue weighted by Gasteiger charge is -2.39. The van der Waals surface area contributed by atoms with E-state index in [2.05, 4.69) is 22.5 Å². The molecule has 1 aromatic heterocycles. The maximum Gasteiger partial charge on any atom is 0.253 e. The summed E-state index contributed by atoms with van der Waals surface area (Å²) in [4.78, 5) is 46.6. The van der Waals surface area contributed by atoms with Crippen LogP contribution in [-0.4, -0.2) is 70.6 Å². The second-order valence-electron chi connectivity index (χ2n) is 12.2. The van der Waals surface area contributed by atoms with Crippen molar-refractivity contribution in [2.75, 3.05) is 32.1 Å². The molecule has 2 heterocycles. The smallest absolute Gasteiger partial charge is 0.253 e. The van der Waals surface area contributed by atoms with E-state index in [0.717, 1.165) is 24.0 Å². The molecule has 1 saturated heterocycles. The van der Waals surface area contributed by atoms with Gasteiger partial charge >= 0.3 is 0 Å². The molecule has 44 heavy (non-hydrogen) atoms. The summed E-state index contributed by atoms with van der Waals surface area (Å²) in [6, 6.07) is 15.9. The number of hydrogen-bond donors (Lipinski definition) is 3. The van der Waals surface area contributed by atoms with Crippen LogP contribution in [0.25, 0.3) is 0 Å². The molecule has 11 heteroatoms. The highest BCUT2D eigenvalue weighted by atomic mass is 16.5. The summed E-state index contributed by atoms with van der Waals surface area (Å²) in [5.41, 5.74) is 5.32. The van der Waals surface area contributed by atoms with E-state index < -0.39 is 28.9 Å². The van der Waals surface area contributed by atoms with Crippen LogP contribution < -0.4 is 21.1 Å². The Morgan fingerprint density at radius 2 is 1.70 bits per heavy atom. The van der Waals surface area contributed by atoms with Crippen molar-refractivity contribution >= 4 is 23.5 Å². The van der Waals surface area contributed by atoms with Crippen LogP contribution in [0, 0.1) is 5.92 Å². The van der Waals surface area contributed by atoms with Crippen LogP contribution in [0.5, 0.6) is 5.75 Å². The zero-order chi connectivity index (χ0) is 31.9. The molecule has 2 atom stereocenters. The lowest BCUT2D eigenvalue weighted by atomic mass is 9.88. The molecule has 3 aromatic rings. The van der Waals surface area contributed by atoms with Crippen LogP contribution in [0.15, 0.2) is 67.1 Å². The van der Waals surface area contributed by atoms with Crippen molar-refractivity contribution < 1.29 is 23.9 Å². The molecule has 11 nitrogen and oxygen atoms in total. The van der Waals surface area contributed by atoms with Crippen molar-refractivity contribution in [1.29, 1.82) is 0 Å². The maximum absolute atomic E-state index is 14.2. The number of anilines is 1. The van der Waals surface area contributed by atoms with Gasteiger partial charge in [-0.15, -0.1) is 0 Å². The van der Waals surface area contributed by atoms with Crippen molar-refractivity contribution in [2.45, 2.75) is 64.3 Å². The van der Waals surface area contributed by atoms with Crippen molar-refractivity contribution in [1.82, 2.24) is 19.8 Å². The standard InChI is InChI=1S/C33H44N6O5/c1-23-15-17-38(18-16-23)31(42)33(4,25-11-13-26(43-5)14-12-25)39-19-28(35-22-39)37-29(40)27(36-30(41)32(2,3)34)21-44-20-24-9-7-6-8-10-24/h6-14,19,22-23,27H,15-18,20-21,34H2,1-5H3,(H,36,41)(H,37,40). The monoisotopic (exact) mass is 604 g/mol. The van der Waals surface area contributed by atoms with Crippen molar-refractivity contribution in [3.8, 4) is 5.75 Å².